The first-order valence-corrected chi connectivity index (χ1v) is 35.2. The summed E-state index contributed by atoms with van der Waals surface area (Å²) in [5.41, 5.74) is 0. The van der Waals surface area contributed by atoms with E-state index in [1.54, 1.807) is 0 Å². The van der Waals surface area contributed by atoms with Gasteiger partial charge in [-0.05, 0) is 64.2 Å². The molecule has 3 unspecified atom stereocenters. The second-order valence-electron chi connectivity index (χ2n) is 24.2. The number of rotatable bonds is 62. The van der Waals surface area contributed by atoms with Gasteiger partial charge in [0.2, 0.25) is 5.91 Å². The number of phosphoric ester groups is 1. The molecule has 0 heterocycles. The van der Waals surface area contributed by atoms with Gasteiger partial charge in [0.15, 0.2) is 0 Å². The number of amides is 1. The topological polar surface area (TPSA) is 108 Å². The highest BCUT2D eigenvalue weighted by Crippen LogP contribution is 2.38. The number of carbonyl (C=O) groups is 1. The molecule has 0 aromatic heterocycles. The first kappa shape index (κ1) is 76.9. The molecule has 0 saturated carbocycles. The van der Waals surface area contributed by atoms with E-state index in [4.69, 9.17) is 9.05 Å². The van der Waals surface area contributed by atoms with Gasteiger partial charge in [0.25, 0.3) is 7.82 Å². The van der Waals surface area contributed by atoms with Crippen LogP contribution in [0, 0.1) is 0 Å². The van der Waals surface area contributed by atoms with Gasteiger partial charge in [0.1, 0.15) is 13.2 Å². The lowest BCUT2D eigenvalue weighted by atomic mass is 10.0. The van der Waals surface area contributed by atoms with Crippen molar-refractivity contribution < 1.29 is 32.9 Å². The lowest BCUT2D eigenvalue weighted by molar-refractivity contribution is -0.870. The highest BCUT2D eigenvalue weighted by molar-refractivity contribution is 7.45. The van der Waals surface area contributed by atoms with E-state index in [0.29, 0.717) is 23.9 Å². The number of nitrogens with one attached hydrogen (secondary N) is 1. The van der Waals surface area contributed by atoms with Crippen molar-refractivity contribution in [3.05, 3.63) is 72.9 Å². The molecule has 462 valence electrons. The van der Waals surface area contributed by atoms with Crippen molar-refractivity contribution in [2.75, 3.05) is 40.9 Å². The number of hydrogen-bond acceptors (Lipinski definition) is 6. The van der Waals surface area contributed by atoms with Crippen LogP contribution in [0.1, 0.15) is 316 Å². The first-order chi connectivity index (χ1) is 38.5. The Morgan fingerprint density at radius 3 is 1.13 bits per heavy atom. The van der Waals surface area contributed by atoms with Gasteiger partial charge in [-0.2, -0.15) is 0 Å². The molecule has 0 radical (unpaired) electrons. The summed E-state index contributed by atoms with van der Waals surface area (Å²) >= 11 is 0. The Hall–Kier alpha value is -2.06. The second-order valence-corrected chi connectivity index (χ2v) is 25.6. The summed E-state index contributed by atoms with van der Waals surface area (Å²) in [6.07, 6.45) is 83.9. The van der Waals surface area contributed by atoms with Gasteiger partial charge in [-0.1, -0.05) is 318 Å². The predicted molar refractivity (Wildman–Crippen MR) is 344 cm³/mol. The molecule has 0 aliphatic rings. The van der Waals surface area contributed by atoms with Crippen LogP contribution in [0.25, 0.3) is 0 Å². The zero-order chi connectivity index (χ0) is 57.7. The maximum absolute atomic E-state index is 13.1. The molecule has 0 aliphatic heterocycles. The van der Waals surface area contributed by atoms with E-state index in [0.717, 1.165) is 77.0 Å². The molecule has 1 amide bonds. The van der Waals surface area contributed by atoms with Gasteiger partial charge in [-0.3, -0.25) is 9.36 Å². The fourth-order valence-corrected chi connectivity index (χ4v) is 10.7. The van der Waals surface area contributed by atoms with Crippen molar-refractivity contribution in [2.24, 2.45) is 0 Å². The van der Waals surface area contributed by atoms with E-state index in [9.17, 15) is 19.4 Å². The lowest BCUT2D eigenvalue weighted by Crippen LogP contribution is -2.46. The van der Waals surface area contributed by atoms with Gasteiger partial charge in [-0.15, -0.1) is 0 Å². The van der Waals surface area contributed by atoms with E-state index < -0.39 is 20.0 Å². The maximum Gasteiger partial charge on any atom is 0.268 e. The van der Waals surface area contributed by atoms with Gasteiger partial charge in [-0.25, -0.2) is 0 Å². The quantitative estimate of drug-likeness (QED) is 0.0272. The predicted octanol–water partition coefficient (Wildman–Crippen LogP) is 20.8. The van der Waals surface area contributed by atoms with Crippen molar-refractivity contribution in [1.29, 1.82) is 0 Å². The molecule has 0 fully saturated rings. The largest absolute Gasteiger partial charge is 0.756 e. The SMILES string of the molecule is CC/C=C\C/C=C\C/C=C\C/C=C\C/C=C\C/C=C\CCCCCCCCCCCCCCC(=O)NC(COP(=O)([O-])OCC[N+](C)(C)C)C(O)CCCCCCCCCCCCCCCCCCCCCCCCCCCC. The van der Waals surface area contributed by atoms with E-state index in [1.807, 2.05) is 21.1 Å². The zero-order valence-electron chi connectivity index (χ0n) is 52.8. The summed E-state index contributed by atoms with van der Waals surface area (Å²) in [6.45, 7) is 4.64. The Morgan fingerprint density at radius 1 is 0.456 bits per heavy atom. The number of hydrogen-bond donors (Lipinski definition) is 2. The molecule has 8 nitrogen and oxygen atoms in total. The summed E-state index contributed by atoms with van der Waals surface area (Å²) in [5, 5.41) is 14.1. The third-order valence-electron chi connectivity index (χ3n) is 15.2. The number of aliphatic hydroxyl groups excluding tert-OH is 1. The Kier molecular flexibility index (Phi) is 59.0. The van der Waals surface area contributed by atoms with E-state index >= 15 is 0 Å². The van der Waals surface area contributed by atoms with Crippen LogP contribution in [0.4, 0.5) is 0 Å². The first-order valence-electron chi connectivity index (χ1n) is 33.8. The number of carbonyl (C=O) groups excluding carboxylic acids is 1. The van der Waals surface area contributed by atoms with Gasteiger partial charge < -0.3 is 28.8 Å². The average Bonchev–Trinajstić information content (AvgIpc) is 3.42. The molecule has 79 heavy (non-hydrogen) atoms. The minimum absolute atomic E-state index is 0.0102. The zero-order valence-corrected chi connectivity index (χ0v) is 53.7. The molecular weight excluding hydrogens is 996 g/mol. The van der Waals surface area contributed by atoms with Crippen LogP contribution in [-0.4, -0.2) is 68.5 Å². The van der Waals surface area contributed by atoms with Crippen molar-refractivity contribution in [3.8, 4) is 0 Å². The van der Waals surface area contributed by atoms with Crippen LogP contribution in [0.2, 0.25) is 0 Å². The molecule has 2 N–H and O–H groups in total. The Bertz CT molecular complexity index is 1520. The van der Waals surface area contributed by atoms with Crippen molar-refractivity contribution >= 4 is 13.7 Å². The molecular formula is C70H131N2O6P. The minimum Gasteiger partial charge on any atom is -0.756 e. The third kappa shape index (κ3) is 63.4. The summed E-state index contributed by atoms with van der Waals surface area (Å²) in [6, 6.07) is -0.807. The molecule has 0 aromatic carbocycles. The Morgan fingerprint density at radius 2 is 0.772 bits per heavy atom. The molecule has 0 aliphatic carbocycles. The monoisotopic (exact) mass is 1130 g/mol. The highest BCUT2D eigenvalue weighted by atomic mass is 31.2. The molecule has 9 heteroatoms. The maximum atomic E-state index is 13.1. The summed E-state index contributed by atoms with van der Waals surface area (Å²) in [5.74, 6) is -0.165. The van der Waals surface area contributed by atoms with Crippen LogP contribution in [0.5, 0.6) is 0 Å². The number of allylic oxidation sites excluding steroid dienone is 12. The smallest absolute Gasteiger partial charge is 0.268 e. The Labute approximate surface area is 491 Å². The van der Waals surface area contributed by atoms with E-state index in [-0.39, 0.29) is 19.1 Å². The molecule has 0 rings (SSSR count). The molecule has 0 aromatic rings. The number of unbranched alkanes of at least 4 members (excludes halogenated alkanes) is 37. The van der Waals surface area contributed by atoms with Crippen LogP contribution in [-0.2, 0) is 18.4 Å². The number of quaternary nitrogens is 1. The third-order valence-corrected chi connectivity index (χ3v) is 16.2. The number of nitrogens with zero attached hydrogens (tertiary/aromatic N) is 1. The second kappa shape index (κ2) is 60.5. The van der Waals surface area contributed by atoms with Crippen LogP contribution in [0.3, 0.4) is 0 Å². The van der Waals surface area contributed by atoms with Crippen molar-refractivity contribution in [1.82, 2.24) is 5.32 Å². The number of phosphoric acid groups is 1. The fourth-order valence-electron chi connectivity index (χ4n) is 9.99. The summed E-state index contributed by atoms with van der Waals surface area (Å²) in [7, 11) is 1.31. The highest BCUT2D eigenvalue weighted by Gasteiger charge is 2.24. The molecule has 0 saturated heterocycles. The molecule has 3 atom stereocenters. The lowest BCUT2D eigenvalue weighted by Gasteiger charge is -2.30. The van der Waals surface area contributed by atoms with Crippen LogP contribution in [0.15, 0.2) is 72.9 Å². The fraction of sp³-hybridized carbons (Fsp3) is 0.814. The minimum atomic E-state index is -4.58. The van der Waals surface area contributed by atoms with E-state index in [1.165, 1.54) is 212 Å². The summed E-state index contributed by atoms with van der Waals surface area (Å²) in [4.78, 5) is 25.7. The number of likely N-dealkylation sites (N-methyl/N-ethyl adjacent to an activating group) is 1. The normalized spacial score (nSPS) is 14.2. The Balaban J connectivity index is 4.08. The van der Waals surface area contributed by atoms with Gasteiger partial charge >= 0.3 is 0 Å². The van der Waals surface area contributed by atoms with E-state index in [2.05, 4.69) is 92.1 Å². The average molecular weight is 1130 g/mol. The molecule has 0 spiro atoms. The number of aliphatic hydroxyl groups is 1. The van der Waals surface area contributed by atoms with Crippen LogP contribution >= 0.6 is 7.82 Å². The van der Waals surface area contributed by atoms with Crippen molar-refractivity contribution in [2.45, 2.75) is 328 Å². The molecule has 0 bridgehead atoms. The van der Waals surface area contributed by atoms with Crippen molar-refractivity contribution in [3.63, 3.8) is 0 Å². The van der Waals surface area contributed by atoms with Gasteiger partial charge in [0, 0.05) is 6.42 Å². The standard InChI is InChI=1S/C70H131N2O6P/c1-6-8-10-12-14-16-18-20-22-24-26-28-30-32-34-35-36-37-38-40-42-44-46-48-50-52-54-56-58-60-62-64-70(74)71-68(67-78-79(75,76)77-66-65-72(3,4)5)69(73)63-61-59-57-55-53-51-49-47-45-43-41-39-33-31-29-27-25-23-21-19-17-15-13-11-9-7-2/h8,10,14,16,20,22,26,28,32,34,36-37,68-69,73H,6-7,9,11-13,15,17-19,21,23-25,27,29-31,33,35,38-67H2,1-5H3,(H-,71,74,75,76)/b10-8-,16-14-,22-20-,28-26-,34-32-,37-36-. The van der Waals surface area contributed by atoms with Gasteiger partial charge in [0.05, 0.1) is 39.9 Å². The summed E-state index contributed by atoms with van der Waals surface area (Å²) < 4.78 is 23.5. The van der Waals surface area contributed by atoms with Crippen LogP contribution < -0.4 is 10.2 Å².